The highest BCUT2D eigenvalue weighted by Crippen LogP contribution is 2.12. The molecule has 0 unspecified atom stereocenters. The molecular weight excluding hydrogens is 314 g/mol. The van der Waals surface area contributed by atoms with Crippen molar-refractivity contribution in [2.24, 2.45) is 0 Å². The summed E-state index contributed by atoms with van der Waals surface area (Å²) in [6.45, 7) is 3.21. The Morgan fingerprint density at radius 3 is 2.87 bits per heavy atom. The quantitative estimate of drug-likeness (QED) is 0.688. The first-order chi connectivity index (χ1) is 11.1. The van der Waals surface area contributed by atoms with Gasteiger partial charge in [0.05, 0.1) is 5.52 Å². The van der Waals surface area contributed by atoms with Gasteiger partial charge in [0.15, 0.2) is 0 Å². The number of nitrogens with zero attached hydrogens (tertiary/aromatic N) is 1. The lowest BCUT2D eigenvalue weighted by Crippen LogP contribution is -2.34. The zero-order chi connectivity index (χ0) is 16.7. The average Bonchev–Trinajstić information content (AvgIpc) is 2.98. The maximum atomic E-state index is 12.2. The van der Waals surface area contributed by atoms with Crippen molar-refractivity contribution >= 4 is 27.5 Å². The second-order valence-electron chi connectivity index (χ2n) is 5.56. The molecule has 0 aromatic carbocycles. The van der Waals surface area contributed by atoms with E-state index in [4.69, 9.17) is 0 Å². The number of nitrogens with one attached hydrogen (secondary N) is 2. The highest BCUT2D eigenvalue weighted by Gasteiger charge is 2.08. The summed E-state index contributed by atoms with van der Waals surface area (Å²) in [7, 11) is 0. The van der Waals surface area contributed by atoms with Gasteiger partial charge in [-0.05, 0) is 30.7 Å². The van der Waals surface area contributed by atoms with Gasteiger partial charge in [0, 0.05) is 19.5 Å². The highest BCUT2D eigenvalue weighted by atomic mass is 32.1. The molecule has 0 aliphatic carbocycles. The van der Waals surface area contributed by atoms with Crippen molar-refractivity contribution in [2.45, 2.75) is 52.0 Å². The first kappa shape index (κ1) is 17.5. The van der Waals surface area contributed by atoms with Gasteiger partial charge in [0.25, 0.3) is 5.56 Å². The molecule has 0 radical (unpaired) electrons. The van der Waals surface area contributed by atoms with Crippen LogP contribution >= 0.6 is 11.3 Å². The first-order valence-corrected chi connectivity index (χ1v) is 8.98. The average molecular weight is 337 g/mol. The van der Waals surface area contributed by atoms with Crippen molar-refractivity contribution in [3.8, 4) is 0 Å². The molecule has 0 atom stereocenters. The van der Waals surface area contributed by atoms with Gasteiger partial charge in [-0.15, -0.1) is 11.3 Å². The van der Waals surface area contributed by atoms with Crippen LogP contribution in [0.3, 0.4) is 0 Å². The van der Waals surface area contributed by atoms with Gasteiger partial charge >= 0.3 is 5.69 Å². The standard InChI is InChI=1S/C16H23N3O3S/c1-2-3-9-17-13(20)7-5-4-6-10-19-15(21)14-12(8-11-23-14)18-16(19)22/h8,11H,2-7,9-10H2,1H3,(H,17,20)(H,18,22). The molecule has 2 aromatic heterocycles. The lowest BCUT2D eigenvalue weighted by molar-refractivity contribution is -0.121. The van der Waals surface area contributed by atoms with E-state index in [0.717, 1.165) is 32.2 Å². The summed E-state index contributed by atoms with van der Waals surface area (Å²) in [5.41, 5.74) is 0.0132. The van der Waals surface area contributed by atoms with Crippen LogP contribution in [0.5, 0.6) is 0 Å². The van der Waals surface area contributed by atoms with Crippen LogP contribution in [0.1, 0.15) is 45.4 Å². The molecule has 7 heteroatoms. The number of carbonyl (C=O) groups is 1. The molecule has 0 saturated heterocycles. The lowest BCUT2D eigenvalue weighted by atomic mass is 10.2. The van der Waals surface area contributed by atoms with E-state index in [1.165, 1.54) is 15.9 Å². The van der Waals surface area contributed by atoms with Crippen LogP contribution in [0.15, 0.2) is 21.0 Å². The van der Waals surface area contributed by atoms with Gasteiger partial charge in [-0.25, -0.2) is 4.79 Å². The smallest absolute Gasteiger partial charge is 0.328 e. The third-order valence-electron chi connectivity index (χ3n) is 3.73. The molecule has 2 N–H and O–H groups in total. The maximum absolute atomic E-state index is 12.2. The first-order valence-electron chi connectivity index (χ1n) is 8.10. The largest absolute Gasteiger partial charge is 0.356 e. The van der Waals surface area contributed by atoms with Crippen LogP contribution in [0.4, 0.5) is 0 Å². The predicted octanol–water partition coefficient (Wildman–Crippen LogP) is 2.23. The second-order valence-corrected chi connectivity index (χ2v) is 6.48. The molecule has 0 aliphatic heterocycles. The van der Waals surface area contributed by atoms with Crippen LogP contribution in [-0.4, -0.2) is 22.0 Å². The molecule has 0 bridgehead atoms. The fourth-order valence-electron chi connectivity index (χ4n) is 2.40. The molecular formula is C16H23N3O3S. The highest BCUT2D eigenvalue weighted by molar-refractivity contribution is 7.17. The van der Waals surface area contributed by atoms with Crippen LogP contribution in [-0.2, 0) is 11.3 Å². The third-order valence-corrected chi connectivity index (χ3v) is 4.63. The number of unbranched alkanes of at least 4 members (excludes halogenated alkanes) is 3. The van der Waals surface area contributed by atoms with Crippen LogP contribution in [0.25, 0.3) is 10.2 Å². The molecule has 6 nitrogen and oxygen atoms in total. The van der Waals surface area contributed by atoms with Gasteiger partial charge in [0.1, 0.15) is 4.70 Å². The summed E-state index contributed by atoms with van der Waals surface area (Å²) in [6, 6.07) is 1.74. The van der Waals surface area contributed by atoms with E-state index >= 15 is 0 Å². The van der Waals surface area contributed by atoms with Crippen LogP contribution in [0.2, 0.25) is 0 Å². The molecule has 0 saturated carbocycles. The summed E-state index contributed by atoms with van der Waals surface area (Å²) >= 11 is 1.34. The van der Waals surface area contributed by atoms with E-state index in [0.29, 0.717) is 29.6 Å². The number of hydrogen-bond donors (Lipinski definition) is 2. The molecule has 126 valence electrons. The SMILES string of the molecule is CCCCNC(=O)CCCCCn1c(=O)[nH]c2ccsc2c1=O. The topological polar surface area (TPSA) is 84.0 Å². The number of aromatic amines is 1. The molecule has 2 aromatic rings. The van der Waals surface area contributed by atoms with Crippen molar-refractivity contribution in [1.82, 2.24) is 14.9 Å². The predicted molar refractivity (Wildman–Crippen MR) is 93.1 cm³/mol. The fourth-order valence-corrected chi connectivity index (χ4v) is 3.20. The molecule has 23 heavy (non-hydrogen) atoms. The Balaban J connectivity index is 1.78. The monoisotopic (exact) mass is 337 g/mol. The lowest BCUT2D eigenvalue weighted by Gasteiger charge is -2.06. The van der Waals surface area contributed by atoms with E-state index in [9.17, 15) is 14.4 Å². The Morgan fingerprint density at radius 2 is 2.09 bits per heavy atom. The number of thiophene rings is 1. The summed E-state index contributed by atoms with van der Waals surface area (Å²) in [6.07, 6.45) is 4.86. The zero-order valence-electron chi connectivity index (χ0n) is 13.4. The number of fused-ring (bicyclic) bond motifs is 1. The molecule has 0 aliphatic rings. The number of carbonyl (C=O) groups excluding carboxylic acids is 1. The fraction of sp³-hybridized carbons (Fsp3) is 0.562. The van der Waals surface area contributed by atoms with Gasteiger partial charge < -0.3 is 10.3 Å². The molecule has 0 spiro atoms. The minimum Gasteiger partial charge on any atom is -0.356 e. The Bertz CT molecular complexity index is 760. The number of aromatic nitrogens is 2. The molecule has 2 heterocycles. The van der Waals surface area contributed by atoms with Crippen molar-refractivity contribution in [2.75, 3.05) is 6.54 Å². The number of rotatable bonds is 9. The third kappa shape index (κ3) is 4.79. The number of hydrogen-bond acceptors (Lipinski definition) is 4. The van der Waals surface area contributed by atoms with E-state index in [-0.39, 0.29) is 17.2 Å². The van der Waals surface area contributed by atoms with Crippen molar-refractivity contribution in [3.05, 3.63) is 32.3 Å². The Labute approximate surface area is 138 Å². The summed E-state index contributed by atoms with van der Waals surface area (Å²) in [5.74, 6) is 0.0773. The summed E-state index contributed by atoms with van der Waals surface area (Å²) in [4.78, 5) is 38.4. The normalized spacial score (nSPS) is 11.0. The van der Waals surface area contributed by atoms with E-state index in [2.05, 4.69) is 17.2 Å². The van der Waals surface area contributed by atoms with E-state index < -0.39 is 0 Å². The number of amides is 1. The van der Waals surface area contributed by atoms with E-state index in [1.54, 1.807) is 11.4 Å². The summed E-state index contributed by atoms with van der Waals surface area (Å²) in [5, 5.41) is 4.67. The van der Waals surface area contributed by atoms with Gasteiger partial charge in [-0.1, -0.05) is 19.8 Å². The van der Waals surface area contributed by atoms with Crippen LogP contribution in [0, 0.1) is 0 Å². The van der Waals surface area contributed by atoms with E-state index in [1.807, 2.05) is 0 Å². The number of H-pyrrole nitrogens is 1. The molecule has 0 fully saturated rings. The zero-order valence-corrected chi connectivity index (χ0v) is 14.2. The second kappa shape index (κ2) is 8.67. The van der Waals surface area contributed by atoms with Crippen molar-refractivity contribution in [1.29, 1.82) is 0 Å². The van der Waals surface area contributed by atoms with Gasteiger partial charge in [0.2, 0.25) is 5.91 Å². The Morgan fingerprint density at radius 1 is 1.26 bits per heavy atom. The maximum Gasteiger partial charge on any atom is 0.328 e. The van der Waals surface area contributed by atoms with Gasteiger partial charge in [-0.3, -0.25) is 14.2 Å². The van der Waals surface area contributed by atoms with Gasteiger partial charge in [-0.2, -0.15) is 0 Å². The molecule has 2 rings (SSSR count). The molecule has 1 amide bonds. The minimum atomic E-state index is -0.363. The van der Waals surface area contributed by atoms with Crippen molar-refractivity contribution < 1.29 is 4.79 Å². The summed E-state index contributed by atoms with van der Waals surface area (Å²) < 4.78 is 1.83. The Hall–Kier alpha value is -1.89. The van der Waals surface area contributed by atoms with Crippen LogP contribution < -0.4 is 16.6 Å². The minimum absolute atomic E-state index is 0.0773. The Kier molecular flexibility index (Phi) is 6.58. The van der Waals surface area contributed by atoms with Crippen molar-refractivity contribution in [3.63, 3.8) is 0 Å².